The van der Waals surface area contributed by atoms with Crippen molar-refractivity contribution in [2.24, 2.45) is 0 Å². The van der Waals surface area contributed by atoms with Gasteiger partial charge in [-0.1, -0.05) is 5.16 Å². The number of nitrogens with zero attached hydrogens (tertiary/aromatic N) is 2. The number of ether oxygens (including phenoxy) is 2. The molecule has 1 aromatic heterocycles. The zero-order valence-electron chi connectivity index (χ0n) is 10.3. The molecule has 6 nitrogen and oxygen atoms in total. The van der Waals surface area contributed by atoms with Crippen LogP contribution >= 0.6 is 0 Å². The maximum Gasteiger partial charge on any atom is 0.240 e. The Kier molecular flexibility index (Phi) is 4.47. The second-order valence-corrected chi connectivity index (χ2v) is 4.26. The summed E-state index contributed by atoms with van der Waals surface area (Å²) in [5, 5.41) is 7.13. The Balaban J connectivity index is 1.76. The van der Waals surface area contributed by atoms with E-state index in [4.69, 9.17) is 14.0 Å². The summed E-state index contributed by atoms with van der Waals surface area (Å²) in [5.74, 6) is 1.16. The van der Waals surface area contributed by atoms with Crippen LogP contribution in [0.2, 0.25) is 0 Å². The first-order valence-corrected chi connectivity index (χ1v) is 5.95. The molecule has 0 aromatic carbocycles. The van der Waals surface area contributed by atoms with Gasteiger partial charge < -0.3 is 19.3 Å². The summed E-state index contributed by atoms with van der Waals surface area (Å²) >= 11 is 0. The van der Waals surface area contributed by atoms with Crippen molar-refractivity contribution in [1.29, 1.82) is 0 Å². The third kappa shape index (κ3) is 3.49. The van der Waals surface area contributed by atoms with Gasteiger partial charge in [0.2, 0.25) is 5.89 Å². The van der Waals surface area contributed by atoms with E-state index >= 15 is 0 Å². The van der Waals surface area contributed by atoms with Gasteiger partial charge in [0.05, 0.1) is 12.6 Å². The summed E-state index contributed by atoms with van der Waals surface area (Å²) in [4.78, 5) is 4.19. The van der Waals surface area contributed by atoms with Gasteiger partial charge in [0, 0.05) is 19.8 Å². The van der Waals surface area contributed by atoms with Crippen molar-refractivity contribution in [3.8, 4) is 0 Å². The van der Waals surface area contributed by atoms with Crippen LogP contribution in [0.1, 0.15) is 31.5 Å². The Hall–Kier alpha value is -0.980. The Morgan fingerprint density at radius 3 is 3.18 bits per heavy atom. The summed E-state index contributed by atoms with van der Waals surface area (Å²) in [6, 6.07) is 0.301. The van der Waals surface area contributed by atoms with Crippen LogP contribution in [0.5, 0.6) is 0 Å². The second-order valence-electron chi connectivity index (χ2n) is 4.26. The van der Waals surface area contributed by atoms with Gasteiger partial charge in [0.1, 0.15) is 6.61 Å². The van der Waals surface area contributed by atoms with Crippen molar-refractivity contribution >= 4 is 0 Å². The van der Waals surface area contributed by atoms with Crippen molar-refractivity contribution in [1.82, 2.24) is 15.5 Å². The normalized spacial score (nSPS) is 21.9. The number of nitrogens with one attached hydrogen (secondary N) is 1. The minimum Gasteiger partial charge on any atom is -0.377 e. The van der Waals surface area contributed by atoms with E-state index in [1.807, 2.05) is 0 Å². The first-order chi connectivity index (χ1) is 8.29. The molecule has 0 spiro atoms. The van der Waals surface area contributed by atoms with Gasteiger partial charge in [0.25, 0.3) is 0 Å². The lowest BCUT2D eigenvalue weighted by Gasteiger charge is -2.18. The minimum atomic E-state index is 0.301. The second kappa shape index (κ2) is 6.09. The predicted molar refractivity (Wildman–Crippen MR) is 60.3 cm³/mol. The summed E-state index contributed by atoms with van der Waals surface area (Å²) in [5.41, 5.74) is 0. The molecular formula is C11H19N3O3. The molecule has 0 bridgehead atoms. The summed E-state index contributed by atoms with van der Waals surface area (Å²) < 4.78 is 15.6. The van der Waals surface area contributed by atoms with Crippen LogP contribution in [0.25, 0.3) is 0 Å². The highest BCUT2D eigenvalue weighted by Gasteiger charge is 2.22. The van der Waals surface area contributed by atoms with Crippen LogP contribution in [-0.2, 0) is 22.6 Å². The fraction of sp³-hybridized carbons (Fsp3) is 0.818. The fourth-order valence-corrected chi connectivity index (χ4v) is 1.93. The van der Waals surface area contributed by atoms with E-state index in [-0.39, 0.29) is 0 Å². The standard InChI is InChI=1S/C11H19N3O3/c1-8(9-4-3-5-16-9)12-6-11-13-10(7-15-2)14-17-11/h8-9,12H,3-7H2,1-2H3. The van der Waals surface area contributed by atoms with Gasteiger partial charge in [-0.25, -0.2) is 0 Å². The summed E-state index contributed by atoms with van der Waals surface area (Å²) in [6.07, 6.45) is 2.57. The molecule has 2 atom stereocenters. The van der Waals surface area contributed by atoms with E-state index in [9.17, 15) is 0 Å². The lowest BCUT2D eigenvalue weighted by atomic mass is 10.1. The third-order valence-electron chi connectivity index (χ3n) is 2.88. The Morgan fingerprint density at radius 1 is 1.59 bits per heavy atom. The molecular weight excluding hydrogens is 222 g/mol. The molecule has 2 heterocycles. The lowest BCUT2D eigenvalue weighted by Crippen LogP contribution is -2.36. The molecule has 1 N–H and O–H groups in total. The van der Waals surface area contributed by atoms with Crippen molar-refractivity contribution in [3.63, 3.8) is 0 Å². The molecule has 6 heteroatoms. The maximum absolute atomic E-state index is 5.60. The van der Waals surface area contributed by atoms with Gasteiger partial charge in [-0.2, -0.15) is 4.98 Å². The van der Waals surface area contributed by atoms with Crippen molar-refractivity contribution < 1.29 is 14.0 Å². The van der Waals surface area contributed by atoms with Crippen LogP contribution < -0.4 is 5.32 Å². The van der Waals surface area contributed by atoms with E-state index in [1.54, 1.807) is 7.11 Å². The zero-order chi connectivity index (χ0) is 12.1. The molecule has 0 aliphatic carbocycles. The molecule has 2 unspecified atom stereocenters. The van der Waals surface area contributed by atoms with Crippen molar-refractivity contribution in [2.45, 2.75) is 45.1 Å². The molecule has 1 fully saturated rings. The van der Waals surface area contributed by atoms with Crippen molar-refractivity contribution in [2.75, 3.05) is 13.7 Å². The molecule has 0 saturated carbocycles. The monoisotopic (exact) mass is 241 g/mol. The van der Waals surface area contributed by atoms with Crippen LogP contribution in [-0.4, -0.2) is 36.0 Å². The smallest absolute Gasteiger partial charge is 0.240 e. The largest absolute Gasteiger partial charge is 0.377 e. The van der Waals surface area contributed by atoms with Crippen LogP contribution in [0.3, 0.4) is 0 Å². The van der Waals surface area contributed by atoms with Gasteiger partial charge >= 0.3 is 0 Å². The van der Waals surface area contributed by atoms with E-state index in [0.29, 0.717) is 37.0 Å². The average Bonchev–Trinajstić information content (AvgIpc) is 2.97. The number of methoxy groups -OCH3 is 1. The molecule has 1 aromatic rings. The molecule has 1 saturated heterocycles. The SMILES string of the molecule is COCc1noc(CNC(C)C2CCCO2)n1. The minimum absolute atomic E-state index is 0.301. The highest BCUT2D eigenvalue weighted by Crippen LogP contribution is 2.15. The number of hydrogen-bond donors (Lipinski definition) is 1. The Morgan fingerprint density at radius 2 is 2.47 bits per heavy atom. The number of rotatable bonds is 6. The molecule has 96 valence electrons. The molecule has 1 aliphatic rings. The Labute approximate surface area is 101 Å². The van der Waals surface area contributed by atoms with E-state index < -0.39 is 0 Å². The van der Waals surface area contributed by atoms with Crippen molar-refractivity contribution in [3.05, 3.63) is 11.7 Å². The average molecular weight is 241 g/mol. The molecule has 0 amide bonds. The first-order valence-electron chi connectivity index (χ1n) is 5.95. The number of hydrogen-bond acceptors (Lipinski definition) is 6. The van der Waals surface area contributed by atoms with E-state index in [2.05, 4.69) is 22.4 Å². The fourth-order valence-electron chi connectivity index (χ4n) is 1.93. The molecule has 17 heavy (non-hydrogen) atoms. The number of aromatic nitrogens is 2. The summed E-state index contributed by atoms with van der Waals surface area (Å²) in [7, 11) is 1.60. The van der Waals surface area contributed by atoms with Gasteiger partial charge in [-0.15, -0.1) is 0 Å². The predicted octanol–water partition coefficient (Wildman–Crippen LogP) is 0.873. The van der Waals surface area contributed by atoms with Gasteiger partial charge in [0.15, 0.2) is 5.82 Å². The highest BCUT2D eigenvalue weighted by molar-refractivity contribution is 4.85. The van der Waals surface area contributed by atoms with Gasteiger partial charge in [-0.05, 0) is 19.8 Å². The van der Waals surface area contributed by atoms with Crippen LogP contribution in [0.4, 0.5) is 0 Å². The van der Waals surface area contributed by atoms with Crippen LogP contribution in [0.15, 0.2) is 4.52 Å². The maximum atomic E-state index is 5.60. The van der Waals surface area contributed by atoms with Gasteiger partial charge in [-0.3, -0.25) is 0 Å². The molecule has 0 radical (unpaired) electrons. The molecule has 1 aliphatic heterocycles. The van der Waals surface area contributed by atoms with E-state index in [1.165, 1.54) is 0 Å². The topological polar surface area (TPSA) is 69.4 Å². The third-order valence-corrected chi connectivity index (χ3v) is 2.88. The lowest BCUT2D eigenvalue weighted by molar-refractivity contribution is 0.0822. The highest BCUT2D eigenvalue weighted by atomic mass is 16.5. The Bertz CT molecular complexity index is 336. The zero-order valence-corrected chi connectivity index (χ0v) is 10.3. The van der Waals surface area contributed by atoms with E-state index in [0.717, 1.165) is 19.4 Å². The first kappa shape index (κ1) is 12.5. The molecule has 2 rings (SSSR count). The van der Waals surface area contributed by atoms with Crippen LogP contribution in [0, 0.1) is 0 Å². The summed E-state index contributed by atoms with van der Waals surface area (Å²) in [6.45, 7) is 3.93. The quantitative estimate of drug-likeness (QED) is 0.797.